The molecule has 19 heavy (non-hydrogen) atoms. The predicted molar refractivity (Wildman–Crippen MR) is 72.9 cm³/mol. The van der Waals surface area contributed by atoms with Gasteiger partial charge in [-0.3, -0.25) is 4.79 Å². The van der Waals surface area contributed by atoms with Crippen molar-refractivity contribution >= 4 is 23.6 Å². The van der Waals surface area contributed by atoms with E-state index in [1.165, 1.54) is 6.07 Å². The molecule has 104 valence electrons. The molecule has 0 aliphatic carbocycles. The van der Waals surface area contributed by atoms with Gasteiger partial charge in [0.2, 0.25) is 5.91 Å². The molecule has 1 rings (SSSR count). The molecule has 1 atom stereocenters. The molecule has 0 saturated heterocycles. The van der Waals surface area contributed by atoms with E-state index < -0.39 is 23.0 Å². The van der Waals surface area contributed by atoms with Crippen LogP contribution in [0, 0.1) is 5.41 Å². The van der Waals surface area contributed by atoms with Gasteiger partial charge in [-0.05, 0) is 23.1 Å². The lowest BCUT2D eigenvalue weighted by atomic mass is 9.68. The van der Waals surface area contributed by atoms with E-state index >= 15 is 0 Å². The predicted octanol–water partition coefficient (Wildman–Crippen LogP) is 2.33. The monoisotopic (exact) mass is 284 g/mol. The van der Waals surface area contributed by atoms with Gasteiger partial charge in [-0.2, -0.15) is 0 Å². The van der Waals surface area contributed by atoms with Crippen LogP contribution in [0.25, 0.3) is 0 Å². The Kier molecular flexibility index (Phi) is 4.10. The quantitative estimate of drug-likeness (QED) is 0.795. The van der Waals surface area contributed by atoms with E-state index in [9.17, 15) is 9.59 Å². The van der Waals surface area contributed by atoms with E-state index in [0.29, 0.717) is 10.6 Å². The van der Waals surface area contributed by atoms with Gasteiger partial charge in [-0.25, -0.2) is 4.79 Å². The standard InChI is InChI=1S/C13H17ClN2O3/c1-12(2,3)13(10(15)17,16-11(18)19)8-5-4-6-9(14)7-8/h4-7,16H,1-3H3,(H2,15,17)(H,18,19). The summed E-state index contributed by atoms with van der Waals surface area (Å²) in [6.45, 7) is 5.19. The lowest BCUT2D eigenvalue weighted by molar-refractivity contribution is -0.129. The number of carboxylic acid groups (broad SMARTS) is 1. The maximum absolute atomic E-state index is 12.0. The zero-order chi connectivity index (χ0) is 14.8. The molecule has 0 aliphatic heterocycles. The van der Waals surface area contributed by atoms with Gasteiger partial charge in [0.15, 0.2) is 5.54 Å². The van der Waals surface area contributed by atoms with Crippen LogP contribution in [0.5, 0.6) is 0 Å². The van der Waals surface area contributed by atoms with Gasteiger partial charge in [0, 0.05) is 5.02 Å². The number of hydrogen-bond donors (Lipinski definition) is 3. The Bertz CT molecular complexity index is 511. The fourth-order valence-corrected chi connectivity index (χ4v) is 2.34. The number of benzene rings is 1. The summed E-state index contributed by atoms with van der Waals surface area (Å²) in [6.07, 6.45) is -1.33. The fourth-order valence-electron chi connectivity index (χ4n) is 2.15. The van der Waals surface area contributed by atoms with Crippen LogP contribution in [0.15, 0.2) is 24.3 Å². The Labute approximate surface area is 116 Å². The Morgan fingerprint density at radius 3 is 2.26 bits per heavy atom. The molecular formula is C13H17ClN2O3. The Morgan fingerprint density at radius 1 is 1.32 bits per heavy atom. The van der Waals surface area contributed by atoms with Crippen molar-refractivity contribution in [1.29, 1.82) is 0 Å². The van der Waals surface area contributed by atoms with E-state index in [0.717, 1.165) is 0 Å². The summed E-state index contributed by atoms with van der Waals surface area (Å²) in [5.74, 6) is -0.773. The van der Waals surface area contributed by atoms with Crippen LogP contribution in [0.4, 0.5) is 4.79 Å². The average molecular weight is 285 g/mol. The van der Waals surface area contributed by atoms with E-state index in [4.69, 9.17) is 22.4 Å². The van der Waals surface area contributed by atoms with Gasteiger partial charge in [0.25, 0.3) is 0 Å². The van der Waals surface area contributed by atoms with Crippen molar-refractivity contribution in [1.82, 2.24) is 5.32 Å². The number of nitrogens with two attached hydrogens (primary N) is 1. The van der Waals surface area contributed by atoms with Crippen LogP contribution in [0.2, 0.25) is 5.02 Å². The first-order valence-corrected chi connectivity index (χ1v) is 6.06. The largest absolute Gasteiger partial charge is 0.465 e. The first kappa shape index (κ1) is 15.3. The molecule has 0 bridgehead atoms. The first-order chi connectivity index (χ1) is 8.61. The Morgan fingerprint density at radius 2 is 1.89 bits per heavy atom. The van der Waals surface area contributed by atoms with Crippen molar-refractivity contribution in [3.05, 3.63) is 34.9 Å². The molecule has 0 radical (unpaired) electrons. The van der Waals surface area contributed by atoms with Gasteiger partial charge >= 0.3 is 6.09 Å². The van der Waals surface area contributed by atoms with E-state index in [-0.39, 0.29) is 0 Å². The van der Waals surface area contributed by atoms with Gasteiger partial charge in [-0.1, -0.05) is 44.5 Å². The third-order valence-corrected chi connectivity index (χ3v) is 3.28. The molecule has 0 aromatic heterocycles. The molecule has 2 amide bonds. The third kappa shape index (κ3) is 2.81. The molecule has 0 fully saturated rings. The second-order valence-corrected chi connectivity index (χ2v) is 5.74. The average Bonchev–Trinajstić information content (AvgIpc) is 2.23. The second kappa shape index (κ2) is 5.09. The van der Waals surface area contributed by atoms with E-state index in [1.807, 2.05) is 0 Å². The number of hydrogen-bond acceptors (Lipinski definition) is 2. The van der Waals surface area contributed by atoms with Gasteiger partial charge in [-0.15, -0.1) is 0 Å². The van der Waals surface area contributed by atoms with Crippen molar-refractivity contribution < 1.29 is 14.7 Å². The first-order valence-electron chi connectivity index (χ1n) is 5.68. The minimum Gasteiger partial charge on any atom is -0.465 e. The molecule has 6 heteroatoms. The van der Waals surface area contributed by atoms with E-state index in [1.54, 1.807) is 39.0 Å². The SMILES string of the molecule is CC(C)(C)C(NC(=O)O)(C(N)=O)c1cccc(Cl)c1. The maximum Gasteiger partial charge on any atom is 0.405 e. The topological polar surface area (TPSA) is 92.4 Å². The molecule has 1 unspecified atom stereocenters. The highest BCUT2D eigenvalue weighted by Gasteiger charge is 2.50. The third-order valence-electron chi connectivity index (χ3n) is 3.05. The van der Waals surface area contributed by atoms with Crippen molar-refractivity contribution in [2.24, 2.45) is 11.1 Å². The number of carbonyl (C=O) groups excluding carboxylic acids is 1. The number of primary amides is 1. The van der Waals surface area contributed by atoms with Gasteiger partial charge < -0.3 is 16.2 Å². The smallest absolute Gasteiger partial charge is 0.405 e. The van der Waals surface area contributed by atoms with Crippen LogP contribution in [0.3, 0.4) is 0 Å². The number of rotatable bonds is 3. The van der Waals surface area contributed by atoms with Crippen LogP contribution in [-0.4, -0.2) is 17.1 Å². The summed E-state index contributed by atoms with van der Waals surface area (Å²) in [5.41, 5.74) is 3.59. The summed E-state index contributed by atoms with van der Waals surface area (Å²) >= 11 is 5.91. The highest BCUT2D eigenvalue weighted by molar-refractivity contribution is 6.30. The summed E-state index contributed by atoms with van der Waals surface area (Å²) in [6, 6.07) is 6.44. The Balaban J connectivity index is 3.57. The van der Waals surface area contributed by atoms with Crippen LogP contribution in [-0.2, 0) is 10.3 Å². The van der Waals surface area contributed by atoms with E-state index in [2.05, 4.69) is 5.32 Å². The number of amides is 2. The maximum atomic E-state index is 12.0. The van der Waals surface area contributed by atoms with Crippen LogP contribution >= 0.6 is 11.6 Å². The number of halogens is 1. The van der Waals surface area contributed by atoms with Crippen molar-refractivity contribution in [2.75, 3.05) is 0 Å². The zero-order valence-electron chi connectivity index (χ0n) is 11.0. The zero-order valence-corrected chi connectivity index (χ0v) is 11.8. The molecule has 4 N–H and O–H groups in total. The summed E-state index contributed by atoms with van der Waals surface area (Å²) in [4.78, 5) is 23.0. The number of nitrogens with one attached hydrogen (secondary N) is 1. The lowest BCUT2D eigenvalue weighted by Crippen LogP contribution is -2.61. The molecular weight excluding hydrogens is 268 g/mol. The van der Waals surface area contributed by atoms with Crippen molar-refractivity contribution in [3.63, 3.8) is 0 Å². The van der Waals surface area contributed by atoms with Gasteiger partial charge in [0.1, 0.15) is 0 Å². The summed E-state index contributed by atoms with van der Waals surface area (Å²) in [7, 11) is 0. The fraction of sp³-hybridized carbons (Fsp3) is 0.385. The minimum absolute atomic E-state index is 0.402. The highest BCUT2D eigenvalue weighted by Crippen LogP contribution is 2.40. The molecule has 0 saturated carbocycles. The normalized spacial score (nSPS) is 14.5. The number of carbonyl (C=O) groups is 2. The molecule has 0 spiro atoms. The molecule has 0 heterocycles. The van der Waals surface area contributed by atoms with Crippen LogP contribution in [0.1, 0.15) is 26.3 Å². The molecule has 0 aliphatic rings. The van der Waals surface area contributed by atoms with Crippen molar-refractivity contribution in [3.8, 4) is 0 Å². The highest BCUT2D eigenvalue weighted by atomic mass is 35.5. The van der Waals surface area contributed by atoms with Gasteiger partial charge in [0.05, 0.1) is 0 Å². The Hall–Kier alpha value is -1.75. The summed E-state index contributed by atoms with van der Waals surface area (Å²) < 4.78 is 0. The lowest BCUT2D eigenvalue weighted by Gasteiger charge is -2.42. The van der Waals surface area contributed by atoms with Crippen molar-refractivity contribution in [2.45, 2.75) is 26.3 Å². The molecule has 5 nitrogen and oxygen atoms in total. The second-order valence-electron chi connectivity index (χ2n) is 5.30. The molecule has 1 aromatic rings. The summed E-state index contributed by atoms with van der Waals surface area (Å²) in [5, 5.41) is 11.7. The minimum atomic E-state index is -1.55. The van der Waals surface area contributed by atoms with Crippen LogP contribution < -0.4 is 11.1 Å². The molecule has 1 aromatic carbocycles.